The lowest BCUT2D eigenvalue weighted by Gasteiger charge is -2.32. The first-order chi connectivity index (χ1) is 12.8. The number of piperidine rings is 1. The number of sulfonamides is 1. The lowest BCUT2D eigenvalue weighted by atomic mass is 10.1. The number of benzene rings is 1. The number of carbonyl (C=O) groups is 2. The van der Waals surface area contributed by atoms with Crippen molar-refractivity contribution in [2.75, 3.05) is 20.3 Å². The molecule has 1 aliphatic heterocycles. The highest BCUT2D eigenvalue weighted by molar-refractivity contribution is 7.89. The lowest BCUT2D eigenvalue weighted by Crippen LogP contribution is -2.42. The van der Waals surface area contributed by atoms with E-state index in [1.807, 2.05) is 6.92 Å². The highest BCUT2D eigenvalue weighted by atomic mass is 32.2. The van der Waals surface area contributed by atoms with Crippen LogP contribution in [0.1, 0.15) is 43.0 Å². The molecule has 9 heteroatoms. The van der Waals surface area contributed by atoms with Gasteiger partial charge >= 0.3 is 5.97 Å². The molecular weight excluding hydrogens is 372 g/mol. The number of carboxylic acids is 1. The molecule has 1 saturated heterocycles. The normalized spacial score (nSPS) is 19.4. The molecule has 2 N–H and O–H groups in total. The maximum Gasteiger partial charge on any atom is 0.326 e. The third-order valence-electron chi connectivity index (χ3n) is 4.66. The molecule has 0 saturated carbocycles. The fourth-order valence-corrected chi connectivity index (χ4v) is 4.84. The Morgan fingerprint density at radius 2 is 2.11 bits per heavy atom. The first-order valence-corrected chi connectivity index (χ1v) is 10.4. The number of nitrogens with zero attached hydrogens (tertiary/aromatic N) is 1. The van der Waals surface area contributed by atoms with E-state index in [9.17, 15) is 23.1 Å². The molecule has 2 rings (SSSR count). The van der Waals surface area contributed by atoms with E-state index in [4.69, 9.17) is 4.74 Å². The Hall–Kier alpha value is -1.97. The van der Waals surface area contributed by atoms with E-state index in [1.165, 1.54) is 35.7 Å². The van der Waals surface area contributed by atoms with Crippen molar-refractivity contribution in [1.29, 1.82) is 0 Å². The van der Waals surface area contributed by atoms with Gasteiger partial charge in [-0.2, -0.15) is 4.31 Å². The van der Waals surface area contributed by atoms with Crippen LogP contribution in [0.3, 0.4) is 0 Å². The van der Waals surface area contributed by atoms with Crippen LogP contribution < -0.4 is 5.32 Å². The van der Waals surface area contributed by atoms with Crippen LogP contribution in [0.5, 0.6) is 0 Å². The standard InChI is InChI=1S/C18H26N2O6S/c1-13-6-3-4-10-20(13)27(24,25)15-8-5-7-14(12-15)17(21)19-16(18(22)23)9-11-26-2/h5,7-8,12-13,16H,3-4,6,9-11H2,1-2H3,(H,19,21)(H,22,23). The Morgan fingerprint density at radius 1 is 1.37 bits per heavy atom. The zero-order valence-corrected chi connectivity index (χ0v) is 16.4. The summed E-state index contributed by atoms with van der Waals surface area (Å²) in [6, 6.07) is 4.49. The second-order valence-electron chi connectivity index (χ2n) is 6.63. The van der Waals surface area contributed by atoms with Gasteiger partial charge in [0.05, 0.1) is 4.90 Å². The van der Waals surface area contributed by atoms with Gasteiger partial charge in [-0.15, -0.1) is 0 Å². The van der Waals surface area contributed by atoms with Crippen LogP contribution >= 0.6 is 0 Å². The Morgan fingerprint density at radius 3 is 2.74 bits per heavy atom. The molecule has 1 heterocycles. The summed E-state index contributed by atoms with van der Waals surface area (Å²) in [7, 11) is -2.27. The number of hydrogen-bond acceptors (Lipinski definition) is 5. The molecule has 8 nitrogen and oxygen atoms in total. The van der Waals surface area contributed by atoms with Crippen LogP contribution in [-0.4, -0.2) is 62.1 Å². The fraction of sp³-hybridized carbons (Fsp3) is 0.556. The number of carboxylic acid groups (broad SMARTS) is 1. The molecule has 2 atom stereocenters. The van der Waals surface area contributed by atoms with E-state index in [2.05, 4.69) is 5.32 Å². The second kappa shape index (κ2) is 9.29. The smallest absolute Gasteiger partial charge is 0.326 e. The molecular formula is C18H26N2O6S. The van der Waals surface area contributed by atoms with E-state index in [0.29, 0.717) is 6.54 Å². The van der Waals surface area contributed by atoms with Crippen molar-refractivity contribution in [3.05, 3.63) is 29.8 Å². The molecule has 0 spiro atoms. The Kier molecular flexibility index (Phi) is 7.34. The number of nitrogens with one attached hydrogen (secondary N) is 1. The van der Waals surface area contributed by atoms with Crippen LogP contribution in [0.15, 0.2) is 29.2 Å². The molecule has 1 aliphatic rings. The quantitative estimate of drug-likeness (QED) is 0.686. The summed E-state index contributed by atoms with van der Waals surface area (Å²) in [6.45, 7) is 2.51. The number of hydrogen-bond donors (Lipinski definition) is 2. The topological polar surface area (TPSA) is 113 Å². The summed E-state index contributed by atoms with van der Waals surface area (Å²) in [5.41, 5.74) is 0.101. The van der Waals surface area contributed by atoms with Gasteiger partial charge in [-0.1, -0.05) is 12.5 Å². The summed E-state index contributed by atoms with van der Waals surface area (Å²) in [5, 5.41) is 11.6. The van der Waals surface area contributed by atoms with Crippen LogP contribution in [0.2, 0.25) is 0 Å². The zero-order valence-electron chi connectivity index (χ0n) is 15.6. The number of rotatable bonds is 8. The molecule has 0 aromatic heterocycles. The predicted octanol–water partition coefficient (Wildman–Crippen LogP) is 1.47. The van der Waals surface area contributed by atoms with Gasteiger partial charge in [0.1, 0.15) is 6.04 Å². The highest BCUT2D eigenvalue weighted by Gasteiger charge is 2.31. The first-order valence-electron chi connectivity index (χ1n) is 8.92. The molecule has 0 radical (unpaired) electrons. The van der Waals surface area contributed by atoms with E-state index in [0.717, 1.165) is 19.3 Å². The van der Waals surface area contributed by atoms with Gasteiger partial charge < -0.3 is 15.2 Å². The SMILES string of the molecule is COCCC(NC(=O)c1cccc(S(=O)(=O)N2CCCCC2C)c1)C(=O)O. The molecule has 27 heavy (non-hydrogen) atoms. The van der Waals surface area contributed by atoms with Crippen molar-refractivity contribution in [3.8, 4) is 0 Å². The average molecular weight is 398 g/mol. The summed E-state index contributed by atoms with van der Waals surface area (Å²) in [6.07, 6.45) is 2.72. The minimum Gasteiger partial charge on any atom is -0.480 e. The summed E-state index contributed by atoms with van der Waals surface area (Å²) in [4.78, 5) is 23.7. The van der Waals surface area contributed by atoms with Crippen molar-refractivity contribution in [3.63, 3.8) is 0 Å². The molecule has 1 aromatic carbocycles. The number of ether oxygens (including phenoxy) is 1. The highest BCUT2D eigenvalue weighted by Crippen LogP contribution is 2.25. The zero-order chi connectivity index (χ0) is 20.0. The van der Waals surface area contributed by atoms with Gasteiger partial charge in [-0.3, -0.25) is 4.79 Å². The maximum atomic E-state index is 12.9. The van der Waals surface area contributed by atoms with Crippen LogP contribution in [-0.2, 0) is 19.6 Å². The van der Waals surface area contributed by atoms with Gasteiger partial charge in [-0.05, 0) is 38.0 Å². The van der Waals surface area contributed by atoms with E-state index < -0.39 is 27.9 Å². The summed E-state index contributed by atoms with van der Waals surface area (Å²) < 4.78 is 32.2. The van der Waals surface area contributed by atoms with E-state index in [-0.39, 0.29) is 29.5 Å². The number of aliphatic carboxylic acids is 1. The molecule has 2 unspecified atom stereocenters. The van der Waals surface area contributed by atoms with Crippen molar-refractivity contribution < 1.29 is 27.9 Å². The minimum absolute atomic E-state index is 0.0349. The van der Waals surface area contributed by atoms with E-state index >= 15 is 0 Å². The Bertz CT molecular complexity index is 780. The molecule has 1 fully saturated rings. The number of amides is 1. The van der Waals surface area contributed by atoms with Crippen LogP contribution in [0.25, 0.3) is 0 Å². The molecule has 1 amide bonds. The summed E-state index contributed by atoms with van der Waals surface area (Å²) >= 11 is 0. The summed E-state index contributed by atoms with van der Waals surface area (Å²) in [5.74, 6) is -1.81. The predicted molar refractivity (Wildman–Crippen MR) is 99.0 cm³/mol. The minimum atomic E-state index is -3.71. The largest absolute Gasteiger partial charge is 0.480 e. The van der Waals surface area contributed by atoms with Gasteiger partial charge in [0.25, 0.3) is 5.91 Å². The average Bonchev–Trinajstić information content (AvgIpc) is 2.65. The van der Waals surface area contributed by atoms with Gasteiger partial charge in [0.15, 0.2) is 0 Å². The lowest BCUT2D eigenvalue weighted by molar-refractivity contribution is -0.139. The Balaban J connectivity index is 2.20. The monoisotopic (exact) mass is 398 g/mol. The van der Waals surface area contributed by atoms with Gasteiger partial charge in [-0.25, -0.2) is 13.2 Å². The maximum absolute atomic E-state index is 12.9. The van der Waals surface area contributed by atoms with E-state index in [1.54, 1.807) is 0 Å². The number of carbonyl (C=O) groups excluding carboxylic acids is 1. The van der Waals surface area contributed by atoms with Gasteiger partial charge in [0, 0.05) is 38.3 Å². The fourth-order valence-electron chi connectivity index (χ4n) is 3.10. The third kappa shape index (κ3) is 5.27. The molecule has 0 aliphatic carbocycles. The van der Waals surface area contributed by atoms with Crippen molar-refractivity contribution >= 4 is 21.9 Å². The van der Waals surface area contributed by atoms with Crippen LogP contribution in [0, 0.1) is 0 Å². The molecule has 1 aromatic rings. The second-order valence-corrected chi connectivity index (χ2v) is 8.52. The third-order valence-corrected chi connectivity index (χ3v) is 6.67. The van der Waals surface area contributed by atoms with Crippen molar-refractivity contribution in [1.82, 2.24) is 9.62 Å². The first kappa shape index (κ1) is 21.3. The Labute approximate surface area is 159 Å². The van der Waals surface area contributed by atoms with Crippen molar-refractivity contribution in [2.24, 2.45) is 0 Å². The number of methoxy groups -OCH3 is 1. The molecule has 150 valence electrons. The van der Waals surface area contributed by atoms with Crippen molar-refractivity contribution in [2.45, 2.75) is 49.6 Å². The van der Waals surface area contributed by atoms with Crippen LogP contribution in [0.4, 0.5) is 0 Å². The van der Waals surface area contributed by atoms with Gasteiger partial charge in [0.2, 0.25) is 10.0 Å². The molecule has 0 bridgehead atoms.